The molecule has 2 heterocycles. The van der Waals surface area contributed by atoms with Crippen molar-refractivity contribution in [2.45, 2.75) is 25.0 Å². The minimum absolute atomic E-state index is 0.302. The molecule has 1 N–H and O–H groups in total. The lowest BCUT2D eigenvalue weighted by atomic mass is 10.1. The Bertz CT molecular complexity index is 692. The molecule has 0 radical (unpaired) electrons. The first-order valence-corrected chi connectivity index (χ1v) is 7.64. The number of carboxylic acid groups (broad SMARTS) is 1. The van der Waals surface area contributed by atoms with Gasteiger partial charge in [-0.15, -0.1) is 0 Å². The number of para-hydroxylation sites is 1. The molecule has 2 atom stereocenters. The molecule has 0 saturated carbocycles. The van der Waals surface area contributed by atoms with E-state index >= 15 is 0 Å². The summed E-state index contributed by atoms with van der Waals surface area (Å²) in [5, 5.41) is 10.7. The molecule has 5 heteroatoms. The molecule has 3 rings (SSSR count). The van der Waals surface area contributed by atoms with E-state index in [1.165, 1.54) is 10.9 Å². The van der Waals surface area contributed by atoms with E-state index in [2.05, 4.69) is 32.6 Å². The molecule has 0 bridgehead atoms. The molecular formula is C17H23N3O2. The molecule has 1 aromatic carbocycles. The van der Waals surface area contributed by atoms with Gasteiger partial charge in [0.1, 0.15) is 6.04 Å². The average molecular weight is 301 g/mol. The van der Waals surface area contributed by atoms with Crippen LogP contribution in [0.15, 0.2) is 30.3 Å². The van der Waals surface area contributed by atoms with Gasteiger partial charge in [0.25, 0.3) is 0 Å². The number of aryl methyl sites for hydroxylation is 1. The maximum absolute atomic E-state index is 11.6. The van der Waals surface area contributed by atoms with Crippen LogP contribution in [0.5, 0.6) is 0 Å². The van der Waals surface area contributed by atoms with Crippen molar-refractivity contribution < 1.29 is 9.90 Å². The number of rotatable bonds is 4. The van der Waals surface area contributed by atoms with E-state index in [1.54, 1.807) is 0 Å². The average Bonchev–Trinajstić information content (AvgIpc) is 3.03. The molecule has 1 aliphatic rings. The maximum Gasteiger partial charge on any atom is 0.320 e. The van der Waals surface area contributed by atoms with Crippen molar-refractivity contribution in [1.29, 1.82) is 0 Å². The minimum Gasteiger partial charge on any atom is -0.480 e. The van der Waals surface area contributed by atoms with E-state index in [9.17, 15) is 9.90 Å². The summed E-state index contributed by atoms with van der Waals surface area (Å²) in [4.78, 5) is 15.8. The zero-order valence-electron chi connectivity index (χ0n) is 13.4. The first-order valence-electron chi connectivity index (χ1n) is 7.64. The van der Waals surface area contributed by atoms with Crippen LogP contribution in [-0.2, 0) is 18.4 Å². The summed E-state index contributed by atoms with van der Waals surface area (Å²) in [7, 11) is 6.08. The van der Waals surface area contributed by atoms with Gasteiger partial charge in [-0.05, 0) is 38.0 Å². The molecule has 0 amide bonds. The molecule has 5 nitrogen and oxygen atoms in total. The number of likely N-dealkylation sites (tertiary alicyclic amines) is 1. The van der Waals surface area contributed by atoms with Crippen molar-refractivity contribution in [1.82, 2.24) is 14.4 Å². The number of fused-ring (bicyclic) bond motifs is 1. The summed E-state index contributed by atoms with van der Waals surface area (Å²) in [5.74, 6) is -0.719. The number of aliphatic carboxylic acids is 1. The standard InChI is InChI=1S/C17H23N3O2/c1-18(2)13-9-16(17(21)22)20(10-13)11-14-8-12-6-4-5-7-15(12)19(14)3/h4-8,13,16H,9-11H2,1-3H3,(H,21,22)/t13-,16+/m1/s1. The molecular weight excluding hydrogens is 278 g/mol. The van der Waals surface area contributed by atoms with Crippen molar-refractivity contribution in [3.63, 3.8) is 0 Å². The summed E-state index contributed by atoms with van der Waals surface area (Å²) < 4.78 is 2.16. The molecule has 1 aliphatic heterocycles. The van der Waals surface area contributed by atoms with Gasteiger partial charge in [0.15, 0.2) is 0 Å². The highest BCUT2D eigenvalue weighted by atomic mass is 16.4. The lowest BCUT2D eigenvalue weighted by Gasteiger charge is -2.22. The number of hydrogen-bond acceptors (Lipinski definition) is 3. The Kier molecular flexibility index (Phi) is 3.93. The molecule has 1 saturated heterocycles. The van der Waals surface area contributed by atoms with Gasteiger partial charge >= 0.3 is 5.97 Å². The number of carbonyl (C=O) groups is 1. The Morgan fingerprint density at radius 1 is 1.36 bits per heavy atom. The van der Waals surface area contributed by atoms with Gasteiger partial charge in [0.2, 0.25) is 0 Å². The normalized spacial score (nSPS) is 22.7. The molecule has 1 fully saturated rings. The first-order chi connectivity index (χ1) is 10.5. The van der Waals surface area contributed by atoms with E-state index in [4.69, 9.17) is 0 Å². The Labute approximate surface area is 130 Å². The Hall–Kier alpha value is -1.85. The van der Waals surface area contributed by atoms with Gasteiger partial charge in [-0.25, -0.2) is 0 Å². The lowest BCUT2D eigenvalue weighted by molar-refractivity contribution is -0.142. The van der Waals surface area contributed by atoms with Crippen molar-refractivity contribution >= 4 is 16.9 Å². The van der Waals surface area contributed by atoms with E-state index in [1.807, 2.05) is 33.3 Å². The van der Waals surface area contributed by atoms with Gasteiger partial charge in [-0.2, -0.15) is 0 Å². The van der Waals surface area contributed by atoms with E-state index in [0.717, 1.165) is 12.2 Å². The van der Waals surface area contributed by atoms with Crippen molar-refractivity contribution in [3.05, 3.63) is 36.0 Å². The number of hydrogen-bond donors (Lipinski definition) is 1. The van der Waals surface area contributed by atoms with Crippen LogP contribution >= 0.6 is 0 Å². The highest BCUT2D eigenvalue weighted by Crippen LogP contribution is 2.25. The van der Waals surface area contributed by atoms with E-state index < -0.39 is 12.0 Å². The van der Waals surface area contributed by atoms with Gasteiger partial charge in [0, 0.05) is 37.4 Å². The van der Waals surface area contributed by atoms with Gasteiger partial charge in [-0.1, -0.05) is 18.2 Å². The number of benzene rings is 1. The van der Waals surface area contributed by atoms with Crippen LogP contribution in [-0.4, -0.2) is 58.2 Å². The fraction of sp³-hybridized carbons (Fsp3) is 0.471. The zero-order valence-corrected chi connectivity index (χ0v) is 13.4. The summed E-state index contributed by atoms with van der Waals surface area (Å²) in [5.41, 5.74) is 2.35. The third kappa shape index (κ3) is 2.62. The second-order valence-electron chi connectivity index (χ2n) is 6.39. The van der Waals surface area contributed by atoms with E-state index in [0.29, 0.717) is 19.0 Å². The largest absolute Gasteiger partial charge is 0.480 e. The molecule has 22 heavy (non-hydrogen) atoms. The second-order valence-corrected chi connectivity index (χ2v) is 6.39. The summed E-state index contributed by atoms with van der Waals surface area (Å²) in [6, 6.07) is 10.3. The number of likely N-dealkylation sites (N-methyl/N-ethyl adjacent to an activating group) is 1. The molecule has 2 aromatic rings. The lowest BCUT2D eigenvalue weighted by Crippen LogP contribution is -2.36. The van der Waals surface area contributed by atoms with Crippen LogP contribution in [0.4, 0.5) is 0 Å². The number of nitrogens with zero attached hydrogens (tertiary/aromatic N) is 3. The van der Waals surface area contributed by atoms with Gasteiger partial charge < -0.3 is 14.6 Å². The SMILES string of the molecule is CN(C)[C@@H]1C[C@@H](C(=O)O)N(Cc2cc3ccccc3n2C)C1. The van der Waals surface area contributed by atoms with Crippen molar-refractivity contribution in [2.75, 3.05) is 20.6 Å². The van der Waals surface area contributed by atoms with Crippen LogP contribution in [0.2, 0.25) is 0 Å². The van der Waals surface area contributed by atoms with E-state index in [-0.39, 0.29) is 0 Å². The summed E-state index contributed by atoms with van der Waals surface area (Å²) >= 11 is 0. The topological polar surface area (TPSA) is 48.7 Å². The van der Waals surface area contributed by atoms with Crippen LogP contribution in [0, 0.1) is 0 Å². The third-order valence-corrected chi connectivity index (χ3v) is 4.81. The van der Waals surface area contributed by atoms with Crippen LogP contribution in [0.3, 0.4) is 0 Å². The Morgan fingerprint density at radius 2 is 2.09 bits per heavy atom. The summed E-state index contributed by atoms with van der Waals surface area (Å²) in [6.45, 7) is 1.47. The van der Waals surface area contributed by atoms with Crippen LogP contribution in [0.25, 0.3) is 10.9 Å². The predicted octanol–water partition coefficient (Wildman–Crippen LogP) is 1.77. The summed E-state index contributed by atoms with van der Waals surface area (Å²) in [6.07, 6.45) is 0.687. The molecule has 1 aromatic heterocycles. The second kappa shape index (κ2) is 5.74. The molecule has 118 valence electrons. The highest BCUT2D eigenvalue weighted by molar-refractivity contribution is 5.81. The maximum atomic E-state index is 11.6. The number of carboxylic acids is 1. The molecule has 0 unspecified atom stereocenters. The third-order valence-electron chi connectivity index (χ3n) is 4.81. The van der Waals surface area contributed by atoms with Crippen molar-refractivity contribution in [3.8, 4) is 0 Å². The Morgan fingerprint density at radius 3 is 2.73 bits per heavy atom. The smallest absolute Gasteiger partial charge is 0.320 e. The van der Waals surface area contributed by atoms with Crippen LogP contribution < -0.4 is 0 Å². The molecule has 0 aliphatic carbocycles. The fourth-order valence-electron chi connectivity index (χ4n) is 3.39. The van der Waals surface area contributed by atoms with Crippen LogP contribution in [0.1, 0.15) is 12.1 Å². The molecule has 0 spiro atoms. The van der Waals surface area contributed by atoms with Gasteiger partial charge in [-0.3, -0.25) is 9.69 Å². The quantitative estimate of drug-likeness (QED) is 0.935. The Balaban J connectivity index is 1.86. The highest BCUT2D eigenvalue weighted by Gasteiger charge is 2.37. The minimum atomic E-state index is -0.719. The van der Waals surface area contributed by atoms with Crippen molar-refractivity contribution in [2.24, 2.45) is 7.05 Å². The van der Waals surface area contributed by atoms with Gasteiger partial charge in [0.05, 0.1) is 0 Å². The monoisotopic (exact) mass is 301 g/mol. The first kappa shape index (κ1) is 15.1. The fourth-order valence-corrected chi connectivity index (χ4v) is 3.39. The number of aromatic nitrogens is 1. The zero-order chi connectivity index (χ0) is 15.9. The predicted molar refractivity (Wildman–Crippen MR) is 86.8 cm³/mol.